The number of carbonyl (C=O) groups excluding carboxylic acids is 1. The highest BCUT2D eigenvalue weighted by Crippen LogP contribution is 2.34. The Bertz CT molecular complexity index is 1200. The number of nitrogens with two attached hydrogens (primary N) is 1. The molecule has 4 aromatic rings. The smallest absolute Gasteiger partial charge is 0.265 e. The molecule has 0 aliphatic rings. The molecule has 150 valence electrons. The number of hydrogen-bond acceptors (Lipinski definition) is 4. The minimum atomic E-state index is -0.520. The molecule has 7 heteroatoms. The SMILES string of the molecule is Cc1[nH]c(C(N)=O)c(C)c1-c1ccnc(N(c2ccccc2)c2ccc(F)cc2)n1. The quantitative estimate of drug-likeness (QED) is 0.503. The van der Waals surface area contributed by atoms with E-state index in [4.69, 9.17) is 10.7 Å². The maximum absolute atomic E-state index is 13.5. The van der Waals surface area contributed by atoms with E-state index in [2.05, 4.69) is 9.97 Å². The lowest BCUT2D eigenvalue weighted by Crippen LogP contribution is -2.14. The number of aromatic nitrogens is 3. The Morgan fingerprint density at radius 3 is 2.30 bits per heavy atom. The molecule has 0 radical (unpaired) electrons. The molecule has 0 aliphatic heterocycles. The number of nitrogens with one attached hydrogen (secondary N) is 1. The first kappa shape index (κ1) is 19.3. The summed E-state index contributed by atoms with van der Waals surface area (Å²) in [5, 5.41) is 0. The highest BCUT2D eigenvalue weighted by atomic mass is 19.1. The Morgan fingerprint density at radius 2 is 1.67 bits per heavy atom. The fourth-order valence-electron chi connectivity index (χ4n) is 3.52. The number of amides is 1. The summed E-state index contributed by atoms with van der Waals surface area (Å²) in [5.74, 6) is -0.418. The van der Waals surface area contributed by atoms with Gasteiger partial charge in [-0.25, -0.2) is 14.4 Å². The van der Waals surface area contributed by atoms with Crippen LogP contribution in [0.25, 0.3) is 11.3 Å². The van der Waals surface area contributed by atoms with Crippen molar-refractivity contribution in [2.45, 2.75) is 13.8 Å². The van der Waals surface area contributed by atoms with Crippen LogP contribution in [0.1, 0.15) is 21.7 Å². The number of nitrogens with zero attached hydrogens (tertiary/aromatic N) is 3. The predicted octanol–water partition coefficient (Wildman–Crippen LogP) is 4.80. The molecule has 0 atom stereocenters. The molecule has 30 heavy (non-hydrogen) atoms. The lowest BCUT2D eigenvalue weighted by Gasteiger charge is -2.23. The molecule has 0 unspecified atom stereocenters. The molecule has 3 N–H and O–H groups in total. The number of para-hydroxylation sites is 1. The fraction of sp³-hybridized carbons (Fsp3) is 0.0870. The van der Waals surface area contributed by atoms with Gasteiger partial charge in [-0.15, -0.1) is 0 Å². The molecule has 0 aliphatic carbocycles. The van der Waals surface area contributed by atoms with Crippen molar-refractivity contribution < 1.29 is 9.18 Å². The molecule has 2 aromatic heterocycles. The van der Waals surface area contributed by atoms with Crippen molar-refractivity contribution >= 4 is 23.2 Å². The van der Waals surface area contributed by atoms with E-state index in [1.54, 1.807) is 24.4 Å². The highest BCUT2D eigenvalue weighted by molar-refractivity contribution is 5.95. The molecule has 0 spiro atoms. The minimum Gasteiger partial charge on any atom is -0.364 e. The molecule has 4 rings (SSSR count). The summed E-state index contributed by atoms with van der Waals surface area (Å²) >= 11 is 0. The second kappa shape index (κ2) is 7.79. The van der Waals surface area contributed by atoms with E-state index in [0.29, 0.717) is 17.3 Å². The van der Waals surface area contributed by atoms with Crippen molar-refractivity contribution in [1.29, 1.82) is 0 Å². The van der Waals surface area contributed by atoms with Crippen LogP contribution in [0.5, 0.6) is 0 Å². The molecule has 1 amide bonds. The zero-order valence-corrected chi connectivity index (χ0v) is 16.6. The zero-order valence-electron chi connectivity index (χ0n) is 16.6. The fourth-order valence-corrected chi connectivity index (χ4v) is 3.52. The van der Waals surface area contributed by atoms with E-state index in [1.165, 1.54) is 12.1 Å². The van der Waals surface area contributed by atoms with Crippen LogP contribution in [0.2, 0.25) is 0 Å². The average molecular weight is 401 g/mol. The van der Waals surface area contributed by atoms with Gasteiger partial charge in [0.1, 0.15) is 11.5 Å². The topological polar surface area (TPSA) is 87.9 Å². The van der Waals surface area contributed by atoms with E-state index in [-0.39, 0.29) is 5.82 Å². The van der Waals surface area contributed by atoms with Crippen molar-refractivity contribution in [1.82, 2.24) is 15.0 Å². The first-order chi connectivity index (χ1) is 14.5. The third-order valence-electron chi connectivity index (χ3n) is 4.88. The first-order valence-corrected chi connectivity index (χ1v) is 9.39. The number of benzene rings is 2. The van der Waals surface area contributed by atoms with E-state index in [9.17, 15) is 9.18 Å². The molecule has 0 saturated carbocycles. The van der Waals surface area contributed by atoms with Gasteiger partial charge in [-0.05, 0) is 61.9 Å². The Balaban J connectivity index is 1.86. The van der Waals surface area contributed by atoms with Gasteiger partial charge in [-0.2, -0.15) is 0 Å². The predicted molar refractivity (Wildman–Crippen MR) is 114 cm³/mol. The maximum atomic E-state index is 13.5. The number of carbonyl (C=O) groups is 1. The monoisotopic (exact) mass is 401 g/mol. The van der Waals surface area contributed by atoms with Gasteiger partial charge in [-0.3, -0.25) is 9.69 Å². The number of hydrogen-bond donors (Lipinski definition) is 2. The second-order valence-corrected chi connectivity index (χ2v) is 6.88. The van der Waals surface area contributed by atoms with Gasteiger partial charge < -0.3 is 10.7 Å². The molecule has 2 heterocycles. The lowest BCUT2D eigenvalue weighted by molar-refractivity contribution is 0.0995. The number of rotatable bonds is 5. The molecular formula is C23H20FN5O. The highest BCUT2D eigenvalue weighted by Gasteiger charge is 2.20. The summed E-state index contributed by atoms with van der Waals surface area (Å²) in [6.07, 6.45) is 1.66. The molecule has 0 bridgehead atoms. The standard InChI is InChI=1S/C23H20FN5O/c1-14-20(15(2)27-21(14)22(25)30)19-12-13-26-23(28-19)29(17-6-4-3-5-7-17)18-10-8-16(24)9-11-18/h3-13,27H,1-2H3,(H2,25,30). The summed E-state index contributed by atoms with van der Waals surface area (Å²) in [6.45, 7) is 3.70. The third kappa shape index (κ3) is 3.53. The van der Waals surface area contributed by atoms with Crippen LogP contribution in [0, 0.1) is 19.7 Å². The van der Waals surface area contributed by atoms with Gasteiger partial charge in [0.15, 0.2) is 0 Å². The van der Waals surface area contributed by atoms with Gasteiger partial charge in [0, 0.05) is 28.8 Å². The van der Waals surface area contributed by atoms with Crippen molar-refractivity contribution in [3.63, 3.8) is 0 Å². The van der Waals surface area contributed by atoms with Crippen LogP contribution in [0.3, 0.4) is 0 Å². The Labute approximate surface area is 173 Å². The summed E-state index contributed by atoms with van der Waals surface area (Å²) < 4.78 is 13.5. The third-order valence-corrected chi connectivity index (χ3v) is 4.88. The number of halogens is 1. The van der Waals surface area contributed by atoms with Gasteiger partial charge in [0.05, 0.1) is 5.69 Å². The summed E-state index contributed by atoms with van der Waals surface area (Å²) in [5.41, 5.74) is 10.4. The summed E-state index contributed by atoms with van der Waals surface area (Å²) in [4.78, 5) is 25.8. The van der Waals surface area contributed by atoms with Crippen LogP contribution in [-0.4, -0.2) is 20.9 Å². The number of aryl methyl sites for hydroxylation is 1. The van der Waals surface area contributed by atoms with Gasteiger partial charge in [-0.1, -0.05) is 18.2 Å². The van der Waals surface area contributed by atoms with Crippen molar-refractivity contribution in [3.05, 3.63) is 89.6 Å². The lowest BCUT2D eigenvalue weighted by atomic mass is 10.1. The Morgan fingerprint density at radius 1 is 1.00 bits per heavy atom. The van der Waals surface area contributed by atoms with Crippen LogP contribution >= 0.6 is 0 Å². The van der Waals surface area contributed by atoms with Crippen molar-refractivity contribution in [3.8, 4) is 11.3 Å². The molecular weight excluding hydrogens is 381 g/mol. The zero-order chi connectivity index (χ0) is 21.3. The van der Waals surface area contributed by atoms with Crippen LogP contribution in [0.4, 0.5) is 21.7 Å². The van der Waals surface area contributed by atoms with Crippen molar-refractivity contribution in [2.24, 2.45) is 5.73 Å². The largest absolute Gasteiger partial charge is 0.364 e. The molecule has 0 saturated heterocycles. The molecule has 0 fully saturated rings. The second-order valence-electron chi connectivity index (χ2n) is 6.88. The Kier molecular flexibility index (Phi) is 5.02. The van der Waals surface area contributed by atoms with E-state index < -0.39 is 5.91 Å². The van der Waals surface area contributed by atoms with Gasteiger partial charge >= 0.3 is 0 Å². The molecule has 2 aromatic carbocycles. The van der Waals surface area contributed by atoms with Crippen LogP contribution < -0.4 is 10.6 Å². The molecule has 6 nitrogen and oxygen atoms in total. The van der Waals surface area contributed by atoms with Gasteiger partial charge in [0.2, 0.25) is 5.95 Å². The average Bonchev–Trinajstić information content (AvgIpc) is 3.05. The summed E-state index contributed by atoms with van der Waals surface area (Å²) in [7, 11) is 0. The summed E-state index contributed by atoms with van der Waals surface area (Å²) in [6, 6.07) is 17.5. The van der Waals surface area contributed by atoms with Gasteiger partial charge in [0.25, 0.3) is 5.91 Å². The van der Waals surface area contributed by atoms with Crippen LogP contribution in [0.15, 0.2) is 66.9 Å². The van der Waals surface area contributed by atoms with E-state index >= 15 is 0 Å². The number of primary amides is 1. The van der Waals surface area contributed by atoms with E-state index in [0.717, 1.165) is 28.2 Å². The number of anilines is 3. The van der Waals surface area contributed by atoms with E-state index in [1.807, 2.05) is 49.1 Å². The number of H-pyrrole nitrogens is 1. The Hall–Kier alpha value is -4.00. The van der Waals surface area contributed by atoms with Crippen molar-refractivity contribution in [2.75, 3.05) is 4.90 Å². The normalized spacial score (nSPS) is 10.8. The van der Waals surface area contributed by atoms with Crippen LogP contribution in [-0.2, 0) is 0 Å². The minimum absolute atomic E-state index is 0.320. The first-order valence-electron chi connectivity index (χ1n) is 9.39. The maximum Gasteiger partial charge on any atom is 0.265 e. The number of aromatic amines is 1.